The van der Waals surface area contributed by atoms with Crippen LogP contribution in [-0.4, -0.2) is 30.8 Å². The molecule has 0 saturated heterocycles. The van der Waals surface area contributed by atoms with Crippen LogP contribution < -0.4 is 5.32 Å². The number of amides is 1. The molecule has 0 aliphatic carbocycles. The number of pyridine rings is 1. The lowest BCUT2D eigenvalue weighted by molar-refractivity contribution is 0.0942. The van der Waals surface area contributed by atoms with Gasteiger partial charge in [-0.25, -0.2) is 4.98 Å². The predicted octanol–water partition coefficient (Wildman–Crippen LogP) is 1.53. The number of hydrogen-bond acceptors (Lipinski definition) is 6. The van der Waals surface area contributed by atoms with Crippen molar-refractivity contribution in [2.24, 2.45) is 0 Å². The average Bonchev–Trinajstić information content (AvgIpc) is 3.25. The molecule has 3 heterocycles. The highest BCUT2D eigenvalue weighted by molar-refractivity contribution is 5.92. The molecule has 0 radical (unpaired) electrons. The molecule has 8 heteroatoms. The predicted molar refractivity (Wildman–Crippen MR) is 80.8 cm³/mol. The molecule has 0 unspecified atom stereocenters. The van der Waals surface area contributed by atoms with Gasteiger partial charge >= 0.3 is 0 Å². The van der Waals surface area contributed by atoms with E-state index >= 15 is 0 Å². The maximum absolute atomic E-state index is 12.2. The van der Waals surface area contributed by atoms with Gasteiger partial charge in [-0.05, 0) is 18.6 Å². The van der Waals surface area contributed by atoms with Crippen LogP contribution in [-0.2, 0) is 13.0 Å². The van der Waals surface area contributed by atoms with E-state index in [2.05, 4.69) is 32.6 Å². The molecule has 8 nitrogen and oxygen atoms in total. The van der Waals surface area contributed by atoms with E-state index in [9.17, 15) is 4.79 Å². The van der Waals surface area contributed by atoms with Crippen molar-refractivity contribution < 1.29 is 9.32 Å². The van der Waals surface area contributed by atoms with Crippen molar-refractivity contribution in [2.45, 2.75) is 26.3 Å². The minimum absolute atomic E-state index is 0.272. The van der Waals surface area contributed by atoms with Crippen molar-refractivity contribution in [1.29, 1.82) is 0 Å². The first-order valence-electron chi connectivity index (χ1n) is 7.31. The first kappa shape index (κ1) is 14.9. The lowest BCUT2D eigenvalue weighted by Crippen LogP contribution is -2.23. The lowest BCUT2D eigenvalue weighted by atomic mass is 10.2. The zero-order valence-electron chi connectivity index (χ0n) is 12.6. The summed E-state index contributed by atoms with van der Waals surface area (Å²) in [6, 6.07) is 7.02. The van der Waals surface area contributed by atoms with Gasteiger partial charge in [-0.1, -0.05) is 24.6 Å². The number of carbonyl (C=O) groups excluding carboxylic acids is 1. The van der Waals surface area contributed by atoms with Crippen molar-refractivity contribution >= 4 is 5.91 Å². The Morgan fingerprint density at radius 2 is 2.13 bits per heavy atom. The second kappa shape index (κ2) is 6.82. The van der Waals surface area contributed by atoms with Crippen LogP contribution in [0.4, 0.5) is 0 Å². The van der Waals surface area contributed by atoms with Gasteiger partial charge in [0.15, 0.2) is 5.76 Å². The van der Waals surface area contributed by atoms with Crippen LogP contribution in [0.3, 0.4) is 0 Å². The molecule has 3 aromatic rings. The summed E-state index contributed by atoms with van der Waals surface area (Å²) in [5, 5.41) is 14.2. The molecular formula is C15H16N6O2. The van der Waals surface area contributed by atoms with Gasteiger partial charge in [0, 0.05) is 6.07 Å². The van der Waals surface area contributed by atoms with Gasteiger partial charge in [-0.3, -0.25) is 9.36 Å². The number of nitrogens with one attached hydrogen (secondary N) is 1. The van der Waals surface area contributed by atoms with Crippen molar-refractivity contribution in [3.8, 4) is 5.82 Å². The second-order valence-electron chi connectivity index (χ2n) is 4.97. The Bertz CT molecular complexity index is 781. The van der Waals surface area contributed by atoms with Gasteiger partial charge in [0.1, 0.15) is 24.2 Å². The lowest BCUT2D eigenvalue weighted by Gasteiger charge is -2.04. The van der Waals surface area contributed by atoms with Crippen molar-refractivity contribution in [3.05, 3.63) is 54.1 Å². The Morgan fingerprint density at radius 3 is 2.91 bits per heavy atom. The van der Waals surface area contributed by atoms with E-state index in [0.717, 1.165) is 18.5 Å². The molecule has 23 heavy (non-hydrogen) atoms. The smallest absolute Gasteiger partial charge is 0.270 e. The number of aromatic nitrogens is 5. The summed E-state index contributed by atoms with van der Waals surface area (Å²) in [6.07, 6.45) is 4.90. The third-order valence-electron chi connectivity index (χ3n) is 3.19. The van der Waals surface area contributed by atoms with Gasteiger partial charge in [0.25, 0.3) is 5.91 Å². The third-order valence-corrected chi connectivity index (χ3v) is 3.19. The molecule has 3 aromatic heterocycles. The van der Waals surface area contributed by atoms with Crippen LogP contribution in [0.2, 0.25) is 0 Å². The summed E-state index contributed by atoms with van der Waals surface area (Å²) >= 11 is 0. The van der Waals surface area contributed by atoms with Crippen LogP contribution in [0.5, 0.6) is 0 Å². The number of rotatable bonds is 6. The molecular weight excluding hydrogens is 296 g/mol. The first-order chi connectivity index (χ1) is 11.3. The molecule has 0 bridgehead atoms. The van der Waals surface area contributed by atoms with Crippen LogP contribution in [0.1, 0.15) is 35.3 Å². The van der Waals surface area contributed by atoms with Crippen LogP contribution in [0, 0.1) is 0 Å². The molecule has 0 spiro atoms. The number of hydrogen-bond donors (Lipinski definition) is 1. The normalized spacial score (nSPS) is 10.7. The van der Waals surface area contributed by atoms with Gasteiger partial charge in [-0.15, -0.1) is 10.2 Å². The average molecular weight is 312 g/mol. The molecule has 0 aliphatic heterocycles. The summed E-state index contributed by atoms with van der Waals surface area (Å²) < 4.78 is 6.81. The molecule has 1 amide bonds. The maximum atomic E-state index is 12.2. The Balaban J connectivity index is 1.65. The molecule has 0 aromatic carbocycles. The van der Waals surface area contributed by atoms with E-state index in [4.69, 9.17) is 4.52 Å². The van der Waals surface area contributed by atoms with E-state index in [1.165, 1.54) is 12.7 Å². The minimum atomic E-state index is -0.284. The molecule has 3 rings (SSSR count). The largest absolute Gasteiger partial charge is 0.359 e. The van der Waals surface area contributed by atoms with Crippen LogP contribution in [0.25, 0.3) is 5.82 Å². The quantitative estimate of drug-likeness (QED) is 0.741. The summed E-state index contributed by atoms with van der Waals surface area (Å²) in [4.78, 5) is 16.5. The van der Waals surface area contributed by atoms with Crippen molar-refractivity contribution in [3.63, 3.8) is 0 Å². The molecule has 0 aliphatic rings. The number of nitrogens with zero attached hydrogens (tertiary/aromatic N) is 5. The highest BCUT2D eigenvalue weighted by atomic mass is 16.5. The summed E-state index contributed by atoms with van der Waals surface area (Å²) in [7, 11) is 0. The highest BCUT2D eigenvalue weighted by Crippen LogP contribution is 2.07. The number of carbonyl (C=O) groups is 1. The molecule has 118 valence electrons. The van der Waals surface area contributed by atoms with Crippen LogP contribution in [0.15, 0.2) is 41.4 Å². The van der Waals surface area contributed by atoms with E-state index in [0.29, 0.717) is 17.3 Å². The molecule has 0 fully saturated rings. The van der Waals surface area contributed by atoms with E-state index in [1.54, 1.807) is 22.8 Å². The summed E-state index contributed by atoms with van der Waals surface area (Å²) in [5.74, 6) is 0.915. The summed E-state index contributed by atoms with van der Waals surface area (Å²) in [6.45, 7) is 2.35. The number of aryl methyl sites for hydroxylation is 1. The van der Waals surface area contributed by atoms with Crippen molar-refractivity contribution in [2.75, 3.05) is 0 Å². The fourth-order valence-electron chi connectivity index (χ4n) is 2.08. The fraction of sp³-hybridized carbons (Fsp3) is 0.267. The van der Waals surface area contributed by atoms with Gasteiger partial charge in [0.2, 0.25) is 0 Å². The Kier molecular flexibility index (Phi) is 4.41. The first-order valence-corrected chi connectivity index (χ1v) is 7.31. The monoisotopic (exact) mass is 312 g/mol. The Hall–Kier alpha value is -3.03. The minimum Gasteiger partial charge on any atom is -0.359 e. The SMILES string of the molecule is CCCc1cc(CNC(=O)c2cccc(-n3cnnc3)n2)on1. The zero-order valence-corrected chi connectivity index (χ0v) is 12.6. The molecule has 0 saturated carbocycles. The van der Waals surface area contributed by atoms with Crippen molar-refractivity contribution in [1.82, 2.24) is 30.2 Å². The van der Waals surface area contributed by atoms with Gasteiger partial charge < -0.3 is 9.84 Å². The Labute approximate surface area is 132 Å². The topological polar surface area (TPSA) is 98.7 Å². The summed E-state index contributed by atoms with van der Waals surface area (Å²) in [5.41, 5.74) is 1.20. The zero-order chi connectivity index (χ0) is 16.1. The van der Waals surface area contributed by atoms with E-state index < -0.39 is 0 Å². The third kappa shape index (κ3) is 3.60. The van der Waals surface area contributed by atoms with E-state index in [1.807, 2.05) is 6.07 Å². The van der Waals surface area contributed by atoms with E-state index in [-0.39, 0.29) is 12.5 Å². The highest BCUT2D eigenvalue weighted by Gasteiger charge is 2.10. The van der Waals surface area contributed by atoms with Crippen LogP contribution >= 0.6 is 0 Å². The molecule has 1 N–H and O–H groups in total. The maximum Gasteiger partial charge on any atom is 0.270 e. The Morgan fingerprint density at radius 1 is 1.30 bits per heavy atom. The fourth-order valence-corrected chi connectivity index (χ4v) is 2.08. The second-order valence-corrected chi connectivity index (χ2v) is 4.97. The molecule has 0 atom stereocenters. The van der Waals surface area contributed by atoms with Gasteiger partial charge in [-0.2, -0.15) is 0 Å². The van der Waals surface area contributed by atoms with Gasteiger partial charge in [0.05, 0.1) is 12.2 Å². The standard InChI is InChI=1S/C15H16N6O2/c1-2-4-11-7-12(23-20-11)8-16-15(22)13-5-3-6-14(19-13)21-9-17-18-10-21/h3,5-7,9-10H,2,4,8H2,1H3,(H,16,22).